The quantitative estimate of drug-likeness (QED) is 0.338. The zero-order chi connectivity index (χ0) is 25.2. The van der Waals surface area contributed by atoms with Gasteiger partial charge in [-0.1, -0.05) is 18.2 Å². The Labute approximate surface area is 215 Å². The van der Waals surface area contributed by atoms with Gasteiger partial charge in [0.2, 0.25) is 17.7 Å². The van der Waals surface area contributed by atoms with E-state index in [1.807, 2.05) is 35.9 Å². The second-order valence-electron chi connectivity index (χ2n) is 7.77. The van der Waals surface area contributed by atoms with Crippen LogP contribution in [0.2, 0.25) is 0 Å². The first-order valence-corrected chi connectivity index (χ1v) is 12.3. The highest BCUT2D eigenvalue weighted by atomic mass is 35.5. The van der Waals surface area contributed by atoms with Gasteiger partial charge in [-0.05, 0) is 30.3 Å². The van der Waals surface area contributed by atoms with Crippen LogP contribution in [0.4, 0.5) is 5.69 Å². The second-order valence-corrected chi connectivity index (χ2v) is 9.63. The van der Waals surface area contributed by atoms with Gasteiger partial charge in [0.25, 0.3) is 10.0 Å². The molecule has 0 bridgehead atoms. The molecule has 2 aromatic heterocycles. The Kier molecular flexibility index (Phi) is 8.28. The molecule has 12 heteroatoms. The largest absolute Gasteiger partial charge is 0.481 e. The maximum Gasteiger partial charge on any atom is 0.264 e. The molecule has 36 heavy (non-hydrogen) atoms. The first-order valence-electron chi connectivity index (χ1n) is 10.9. The minimum Gasteiger partial charge on any atom is -0.481 e. The van der Waals surface area contributed by atoms with Crippen molar-refractivity contribution in [3.8, 4) is 11.8 Å². The molecule has 0 aliphatic heterocycles. The Balaban J connectivity index is 0.00000361. The first-order chi connectivity index (χ1) is 16.8. The highest BCUT2D eigenvalue weighted by Gasteiger charge is 2.29. The Morgan fingerprint density at radius 3 is 2.47 bits per heavy atom. The summed E-state index contributed by atoms with van der Waals surface area (Å²) in [4.78, 5) is 16.0. The zero-order valence-corrected chi connectivity index (χ0v) is 21.7. The van der Waals surface area contributed by atoms with Crippen molar-refractivity contribution in [2.24, 2.45) is 12.8 Å². The van der Waals surface area contributed by atoms with Crippen molar-refractivity contribution in [1.82, 2.24) is 14.9 Å². The van der Waals surface area contributed by atoms with E-state index in [1.165, 1.54) is 18.5 Å². The number of nitrogens with zero attached hydrogens (tertiary/aromatic N) is 3. The summed E-state index contributed by atoms with van der Waals surface area (Å²) < 4.78 is 41.6. The third-order valence-corrected chi connectivity index (χ3v) is 7.59. The smallest absolute Gasteiger partial charge is 0.264 e. The van der Waals surface area contributed by atoms with Crippen molar-refractivity contribution in [3.63, 3.8) is 0 Å². The van der Waals surface area contributed by atoms with E-state index in [9.17, 15) is 13.2 Å². The normalized spacial score (nSPS) is 11.2. The molecule has 0 unspecified atom stereocenters. The van der Waals surface area contributed by atoms with Crippen LogP contribution < -0.4 is 24.8 Å². The molecule has 2 heterocycles. The van der Waals surface area contributed by atoms with Gasteiger partial charge in [-0.3, -0.25) is 9.10 Å². The molecule has 192 valence electrons. The molecule has 0 aliphatic rings. The molecule has 0 atom stereocenters. The minimum atomic E-state index is -4.08. The maximum absolute atomic E-state index is 14.0. The number of fused-ring (bicyclic) bond motifs is 3. The van der Waals surface area contributed by atoms with Gasteiger partial charge in [-0.25, -0.2) is 8.42 Å². The molecule has 2 aromatic carbocycles. The van der Waals surface area contributed by atoms with Crippen LogP contribution >= 0.6 is 12.4 Å². The van der Waals surface area contributed by atoms with E-state index in [1.54, 1.807) is 30.3 Å². The number of ether oxygens (including phenoxy) is 2. The number of halogens is 1. The Bertz CT molecular complexity index is 1510. The van der Waals surface area contributed by atoms with E-state index in [-0.39, 0.29) is 60.3 Å². The number of carbonyl (C=O) groups is 1. The van der Waals surface area contributed by atoms with Crippen LogP contribution in [0.15, 0.2) is 59.5 Å². The third-order valence-electron chi connectivity index (χ3n) is 5.78. The van der Waals surface area contributed by atoms with E-state index in [0.717, 1.165) is 21.8 Å². The number of hydrogen-bond acceptors (Lipinski definition) is 7. The van der Waals surface area contributed by atoms with Crippen LogP contribution in [0.1, 0.15) is 0 Å². The van der Waals surface area contributed by atoms with Gasteiger partial charge in [0.1, 0.15) is 5.69 Å². The average molecular weight is 534 g/mol. The van der Waals surface area contributed by atoms with E-state index >= 15 is 0 Å². The molecule has 10 nitrogen and oxygen atoms in total. The average Bonchev–Trinajstić information content (AvgIpc) is 3.17. The summed E-state index contributed by atoms with van der Waals surface area (Å²) >= 11 is 0. The lowest BCUT2D eigenvalue weighted by Gasteiger charge is -2.26. The molecule has 0 radical (unpaired) electrons. The molecular formula is C24H28ClN5O5S. The van der Waals surface area contributed by atoms with Gasteiger partial charge in [-0.2, -0.15) is 4.98 Å². The van der Waals surface area contributed by atoms with Gasteiger partial charge < -0.3 is 25.1 Å². The number of hydrogen-bond donors (Lipinski definition) is 2. The van der Waals surface area contributed by atoms with Crippen molar-refractivity contribution in [1.29, 1.82) is 0 Å². The van der Waals surface area contributed by atoms with Gasteiger partial charge in [0.05, 0.1) is 32.2 Å². The number of aromatic nitrogens is 2. The van der Waals surface area contributed by atoms with Crippen molar-refractivity contribution in [2.75, 3.05) is 38.2 Å². The summed E-state index contributed by atoms with van der Waals surface area (Å²) in [6.45, 7) is -0.217. The van der Waals surface area contributed by atoms with Crippen molar-refractivity contribution >= 4 is 55.8 Å². The van der Waals surface area contributed by atoms with E-state index < -0.39 is 10.0 Å². The lowest BCUT2D eigenvalue weighted by atomic mass is 10.1. The van der Waals surface area contributed by atoms with E-state index in [0.29, 0.717) is 0 Å². The lowest BCUT2D eigenvalue weighted by Crippen LogP contribution is -2.40. The molecule has 0 spiro atoms. The number of sulfonamides is 1. The van der Waals surface area contributed by atoms with Gasteiger partial charge in [0, 0.05) is 41.5 Å². The number of rotatable bonds is 9. The van der Waals surface area contributed by atoms with Crippen LogP contribution in [0.5, 0.6) is 11.8 Å². The van der Waals surface area contributed by atoms with Gasteiger partial charge in [0.15, 0.2) is 0 Å². The fraction of sp³-hybridized carbons (Fsp3) is 0.250. The summed E-state index contributed by atoms with van der Waals surface area (Å²) in [5.74, 6) is -0.0415. The number of pyridine rings is 1. The van der Waals surface area contributed by atoms with Crippen LogP contribution in [-0.2, 0) is 21.9 Å². The molecule has 4 aromatic rings. The monoisotopic (exact) mass is 533 g/mol. The summed E-state index contributed by atoms with van der Waals surface area (Å²) in [6.07, 6.45) is 0. The summed E-state index contributed by atoms with van der Waals surface area (Å²) in [6, 6.07) is 16.0. The van der Waals surface area contributed by atoms with Crippen molar-refractivity contribution < 1.29 is 22.7 Å². The standard InChI is InChI=1S/C24H27N5O5S.ClH/c1-28-19-7-5-4-6-17(19)18-14-16(8-9-20(18)28)35(31,32)29(13-12-26-22(30)15-25)21-10-11-23(33-2)27-24(21)34-3;/h4-11,14H,12-13,15,25H2,1-3H3,(H,26,30);1H. The number of methoxy groups -OCH3 is 2. The van der Waals surface area contributed by atoms with Crippen LogP contribution in [-0.4, -0.2) is 57.7 Å². The number of aryl methyl sites for hydroxylation is 1. The van der Waals surface area contributed by atoms with Gasteiger partial charge >= 0.3 is 0 Å². The number of benzene rings is 2. The molecule has 0 saturated carbocycles. The highest BCUT2D eigenvalue weighted by Crippen LogP contribution is 2.35. The number of anilines is 1. The fourth-order valence-corrected chi connectivity index (χ4v) is 5.53. The lowest BCUT2D eigenvalue weighted by molar-refractivity contribution is -0.119. The van der Waals surface area contributed by atoms with Crippen LogP contribution in [0.3, 0.4) is 0 Å². The predicted molar refractivity (Wildman–Crippen MR) is 142 cm³/mol. The number of nitrogens with one attached hydrogen (secondary N) is 1. The number of carbonyl (C=O) groups excluding carboxylic acids is 1. The first kappa shape index (κ1) is 27.1. The minimum absolute atomic E-state index is 0. The van der Waals surface area contributed by atoms with E-state index in [2.05, 4.69) is 10.3 Å². The number of nitrogens with two attached hydrogens (primary N) is 1. The van der Waals surface area contributed by atoms with Crippen molar-refractivity contribution in [3.05, 3.63) is 54.6 Å². The Hall–Kier alpha value is -3.54. The third kappa shape index (κ3) is 4.90. The Morgan fingerprint density at radius 1 is 1.06 bits per heavy atom. The molecule has 4 rings (SSSR count). The SMILES string of the molecule is COc1ccc(N(CCNC(=O)CN)S(=O)(=O)c2ccc3c(c2)c2ccccc2n3C)c(OC)n1.Cl. The topological polar surface area (TPSA) is 129 Å². The number of para-hydroxylation sites is 1. The molecular weight excluding hydrogens is 506 g/mol. The summed E-state index contributed by atoms with van der Waals surface area (Å²) in [7, 11) is 0.716. The highest BCUT2D eigenvalue weighted by molar-refractivity contribution is 7.92. The molecule has 0 fully saturated rings. The van der Waals surface area contributed by atoms with E-state index in [4.69, 9.17) is 15.2 Å². The molecule has 3 N–H and O–H groups in total. The summed E-state index contributed by atoms with van der Waals surface area (Å²) in [5.41, 5.74) is 7.49. The molecule has 0 saturated heterocycles. The predicted octanol–water partition coefficient (Wildman–Crippen LogP) is 2.44. The van der Waals surface area contributed by atoms with Crippen LogP contribution in [0.25, 0.3) is 21.8 Å². The number of amides is 1. The summed E-state index contributed by atoms with van der Waals surface area (Å²) in [5, 5.41) is 4.39. The molecule has 0 aliphatic carbocycles. The fourth-order valence-electron chi connectivity index (χ4n) is 4.04. The maximum atomic E-state index is 14.0. The zero-order valence-electron chi connectivity index (χ0n) is 20.1. The second kappa shape index (κ2) is 11.0. The van der Waals surface area contributed by atoms with Crippen molar-refractivity contribution in [2.45, 2.75) is 4.90 Å². The van der Waals surface area contributed by atoms with Crippen LogP contribution in [0, 0.1) is 0 Å². The molecule has 1 amide bonds. The van der Waals surface area contributed by atoms with Gasteiger partial charge in [-0.15, -0.1) is 12.4 Å². The Morgan fingerprint density at radius 2 is 1.78 bits per heavy atom.